The molecule has 0 amide bonds. The van der Waals surface area contributed by atoms with Gasteiger partial charge in [0, 0.05) is 12.1 Å². The number of hydrogen-bond acceptors (Lipinski definition) is 3. The van der Waals surface area contributed by atoms with Crippen molar-refractivity contribution in [3.05, 3.63) is 103 Å². The molecule has 0 saturated heterocycles. The Morgan fingerprint density at radius 2 is 1.78 bits per heavy atom. The van der Waals surface area contributed by atoms with Crippen LogP contribution in [0, 0.1) is 0 Å². The van der Waals surface area contributed by atoms with Crippen LogP contribution in [0.15, 0.2) is 69.9 Å². The van der Waals surface area contributed by atoms with Gasteiger partial charge in [-0.15, -0.1) is 0 Å². The minimum Gasteiger partial charge on any atom is -0.461 e. The summed E-state index contributed by atoms with van der Waals surface area (Å²) < 4.78 is 46.8. The maximum absolute atomic E-state index is 13.2. The average Bonchev–Trinajstić information content (AvgIpc) is 3.15. The number of esters is 1. The van der Waals surface area contributed by atoms with Crippen molar-refractivity contribution < 1.29 is 22.7 Å². The van der Waals surface area contributed by atoms with Gasteiger partial charge in [-0.2, -0.15) is 13.2 Å². The molecule has 2 aromatic carbocycles. The third-order valence-corrected chi connectivity index (χ3v) is 7.33. The molecule has 5 rings (SSSR count). The number of pyridine rings is 1. The van der Waals surface area contributed by atoms with Crippen LogP contribution < -0.4 is 5.56 Å². The Hall–Kier alpha value is -3.59. The highest BCUT2D eigenvalue weighted by Gasteiger charge is 2.33. The summed E-state index contributed by atoms with van der Waals surface area (Å²) >= 11 is 3.57. The second-order valence-electron chi connectivity index (χ2n) is 8.77. The molecular formula is C28H22BrF3N2O3. The van der Waals surface area contributed by atoms with Crippen LogP contribution in [0.4, 0.5) is 13.2 Å². The van der Waals surface area contributed by atoms with Crippen molar-refractivity contribution in [1.82, 2.24) is 9.55 Å². The molecule has 2 heterocycles. The quantitative estimate of drug-likeness (QED) is 0.274. The van der Waals surface area contributed by atoms with Gasteiger partial charge in [-0.3, -0.25) is 4.79 Å². The number of hydrogen-bond donors (Lipinski definition) is 1. The molecule has 37 heavy (non-hydrogen) atoms. The third kappa shape index (κ3) is 4.64. The maximum Gasteiger partial charge on any atom is 0.416 e. The molecule has 0 spiro atoms. The van der Waals surface area contributed by atoms with Gasteiger partial charge in [-0.25, -0.2) is 4.79 Å². The van der Waals surface area contributed by atoms with Crippen molar-refractivity contribution in [2.24, 2.45) is 0 Å². The van der Waals surface area contributed by atoms with Gasteiger partial charge >= 0.3 is 12.1 Å². The molecular weight excluding hydrogens is 549 g/mol. The van der Waals surface area contributed by atoms with Crippen molar-refractivity contribution in [2.75, 3.05) is 6.61 Å². The molecule has 9 heteroatoms. The first-order valence-electron chi connectivity index (χ1n) is 11.7. The van der Waals surface area contributed by atoms with Gasteiger partial charge in [0.2, 0.25) is 0 Å². The molecule has 0 radical (unpaired) electrons. The number of aryl methyl sites for hydroxylation is 1. The first-order valence-corrected chi connectivity index (χ1v) is 12.5. The summed E-state index contributed by atoms with van der Waals surface area (Å²) in [6.45, 7) is 1.98. The third-order valence-electron chi connectivity index (χ3n) is 6.48. The summed E-state index contributed by atoms with van der Waals surface area (Å²) in [5.41, 5.74) is 4.15. The number of fused-ring (bicyclic) bond motifs is 3. The molecule has 0 unspecified atom stereocenters. The van der Waals surface area contributed by atoms with E-state index in [-0.39, 0.29) is 24.4 Å². The molecule has 0 bridgehead atoms. The number of rotatable bonds is 5. The Morgan fingerprint density at radius 3 is 2.43 bits per heavy atom. The highest BCUT2D eigenvalue weighted by Crippen LogP contribution is 2.41. The fourth-order valence-electron chi connectivity index (χ4n) is 4.77. The number of ether oxygens (including phenoxy) is 1. The number of carbonyl (C=O) groups is 1. The van der Waals surface area contributed by atoms with Crippen LogP contribution in [0.3, 0.4) is 0 Å². The van der Waals surface area contributed by atoms with Gasteiger partial charge in [0.05, 0.1) is 28.0 Å². The fourth-order valence-corrected chi connectivity index (χ4v) is 5.53. The van der Waals surface area contributed by atoms with E-state index in [0.29, 0.717) is 39.8 Å². The van der Waals surface area contributed by atoms with Crippen molar-refractivity contribution in [2.45, 2.75) is 32.5 Å². The number of nitrogens with one attached hydrogen (secondary N) is 1. The first kappa shape index (κ1) is 25.1. The van der Waals surface area contributed by atoms with Gasteiger partial charge in [0.15, 0.2) is 0 Å². The highest BCUT2D eigenvalue weighted by molar-refractivity contribution is 9.10. The van der Waals surface area contributed by atoms with Crippen LogP contribution in [0.5, 0.6) is 0 Å². The Morgan fingerprint density at radius 1 is 1.08 bits per heavy atom. The number of halogens is 4. The Bertz CT molecular complexity index is 1540. The molecule has 2 aromatic heterocycles. The summed E-state index contributed by atoms with van der Waals surface area (Å²) in [5.74, 6) is -0.555. The summed E-state index contributed by atoms with van der Waals surface area (Å²) in [6, 6.07) is 16.0. The number of aromatic amines is 1. The Labute approximate surface area is 219 Å². The normalized spacial score (nSPS) is 12.7. The predicted molar refractivity (Wildman–Crippen MR) is 138 cm³/mol. The molecule has 0 aliphatic heterocycles. The number of benzene rings is 2. The molecule has 0 fully saturated rings. The zero-order valence-electron chi connectivity index (χ0n) is 19.8. The van der Waals surface area contributed by atoms with Crippen LogP contribution in [-0.2, 0) is 30.3 Å². The van der Waals surface area contributed by atoms with E-state index in [4.69, 9.17) is 4.74 Å². The minimum atomic E-state index is -4.45. The van der Waals surface area contributed by atoms with Crippen LogP contribution >= 0.6 is 15.9 Å². The molecule has 4 aromatic rings. The second kappa shape index (κ2) is 9.70. The van der Waals surface area contributed by atoms with E-state index >= 15 is 0 Å². The van der Waals surface area contributed by atoms with E-state index in [1.54, 1.807) is 11.5 Å². The van der Waals surface area contributed by atoms with Crippen molar-refractivity contribution in [3.63, 3.8) is 0 Å². The lowest BCUT2D eigenvalue weighted by Gasteiger charge is -2.21. The molecule has 0 saturated carbocycles. The minimum absolute atomic E-state index is 0.113. The summed E-state index contributed by atoms with van der Waals surface area (Å²) in [7, 11) is 0. The van der Waals surface area contributed by atoms with Gasteiger partial charge in [-0.05, 0) is 76.1 Å². The first-order chi connectivity index (χ1) is 17.7. The summed E-state index contributed by atoms with van der Waals surface area (Å²) in [4.78, 5) is 29.2. The molecule has 1 N–H and O–H groups in total. The Balaban J connectivity index is 1.67. The summed E-state index contributed by atoms with van der Waals surface area (Å²) in [5, 5.41) is 0. The van der Waals surface area contributed by atoms with Gasteiger partial charge < -0.3 is 14.3 Å². The topological polar surface area (TPSA) is 64.1 Å². The summed E-state index contributed by atoms with van der Waals surface area (Å²) in [6.07, 6.45) is -3.20. The van der Waals surface area contributed by atoms with E-state index < -0.39 is 17.7 Å². The number of H-pyrrole nitrogens is 1. The number of alkyl halides is 3. The zero-order valence-corrected chi connectivity index (χ0v) is 21.4. The SMILES string of the molecule is CCOC(=O)c1c(Br)c2c(n1Cc1ccc(C(F)(F)F)cc1)-c1[nH]c(=O)c(-c3ccccc3)cc1CC2. The van der Waals surface area contributed by atoms with Gasteiger partial charge in [-0.1, -0.05) is 42.5 Å². The lowest BCUT2D eigenvalue weighted by molar-refractivity contribution is -0.137. The van der Waals surface area contributed by atoms with Crippen molar-refractivity contribution >= 4 is 21.9 Å². The predicted octanol–water partition coefficient (Wildman–Crippen LogP) is 6.62. The van der Waals surface area contributed by atoms with Crippen LogP contribution in [0.25, 0.3) is 22.5 Å². The van der Waals surface area contributed by atoms with E-state index in [9.17, 15) is 22.8 Å². The molecule has 0 atom stereocenters. The van der Waals surface area contributed by atoms with Crippen molar-refractivity contribution in [1.29, 1.82) is 0 Å². The van der Waals surface area contributed by atoms with E-state index in [2.05, 4.69) is 20.9 Å². The molecule has 190 valence electrons. The van der Waals surface area contributed by atoms with E-state index in [1.807, 2.05) is 36.4 Å². The monoisotopic (exact) mass is 570 g/mol. The second-order valence-corrected chi connectivity index (χ2v) is 9.56. The van der Waals surface area contributed by atoms with Gasteiger partial charge in [0.1, 0.15) is 5.69 Å². The molecule has 1 aliphatic rings. The van der Waals surface area contributed by atoms with Crippen LogP contribution in [-0.4, -0.2) is 22.1 Å². The smallest absolute Gasteiger partial charge is 0.416 e. The zero-order chi connectivity index (χ0) is 26.3. The highest BCUT2D eigenvalue weighted by atomic mass is 79.9. The number of carbonyl (C=O) groups excluding carboxylic acids is 1. The standard InChI is InChI=1S/C28H22BrF3N2O3/c1-2-37-27(36)25-22(29)20-13-10-18-14-21(17-6-4-3-5-7-17)26(35)33-23(18)24(20)34(25)15-16-8-11-19(12-9-16)28(30,31)32/h3-9,11-12,14H,2,10,13,15H2,1H3,(H,33,35). The number of nitrogens with zero attached hydrogens (tertiary/aromatic N) is 1. The maximum atomic E-state index is 13.2. The van der Waals surface area contributed by atoms with Crippen molar-refractivity contribution in [3.8, 4) is 22.5 Å². The molecule has 1 aliphatic carbocycles. The lowest BCUT2D eigenvalue weighted by Crippen LogP contribution is -2.19. The van der Waals surface area contributed by atoms with E-state index in [0.717, 1.165) is 28.8 Å². The lowest BCUT2D eigenvalue weighted by atomic mass is 9.92. The van der Waals surface area contributed by atoms with Crippen LogP contribution in [0.1, 0.15) is 39.7 Å². The Kier molecular flexibility index (Phi) is 6.58. The van der Waals surface area contributed by atoms with Gasteiger partial charge in [0.25, 0.3) is 5.56 Å². The fraction of sp³-hybridized carbons (Fsp3) is 0.214. The largest absolute Gasteiger partial charge is 0.461 e. The van der Waals surface area contributed by atoms with Crippen LogP contribution in [0.2, 0.25) is 0 Å². The number of aromatic nitrogens is 2. The van der Waals surface area contributed by atoms with E-state index in [1.165, 1.54) is 12.1 Å². The average molecular weight is 571 g/mol. The molecule has 5 nitrogen and oxygen atoms in total.